The van der Waals surface area contributed by atoms with Crippen LogP contribution in [0.25, 0.3) is 0 Å². The Morgan fingerprint density at radius 2 is 1.91 bits per heavy atom. The second-order valence-electron chi connectivity index (χ2n) is 5.43. The van der Waals surface area contributed by atoms with Crippen LogP contribution in [0.4, 0.5) is 10.5 Å². The highest BCUT2D eigenvalue weighted by molar-refractivity contribution is 5.67. The highest BCUT2D eigenvalue weighted by atomic mass is 16.6. The number of benzene rings is 1. The van der Waals surface area contributed by atoms with Crippen molar-refractivity contribution in [3.05, 3.63) is 18.2 Å². The number of ether oxygens (including phenoxy) is 3. The number of nitrogens with zero attached hydrogens (tertiary/aromatic N) is 1. The molecule has 1 aromatic rings. The Hall–Kier alpha value is -2.15. The first kappa shape index (κ1) is 17.2. The summed E-state index contributed by atoms with van der Waals surface area (Å²) in [7, 11) is 0. The first-order chi connectivity index (χ1) is 11.1. The molecule has 1 saturated heterocycles. The van der Waals surface area contributed by atoms with Gasteiger partial charge in [-0.05, 0) is 31.9 Å². The fourth-order valence-electron chi connectivity index (χ4n) is 2.36. The second kappa shape index (κ2) is 8.47. The molecule has 128 valence electrons. The van der Waals surface area contributed by atoms with Gasteiger partial charge < -0.3 is 30.6 Å². The minimum Gasteiger partial charge on any atom is -0.486 e. The quantitative estimate of drug-likeness (QED) is 0.762. The maximum atomic E-state index is 11.2. The molecule has 0 bridgehead atoms. The Balaban J connectivity index is 0.000000167. The monoisotopic (exact) mass is 323 g/mol. The number of hydrogen-bond donors (Lipinski definition) is 2. The lowest BCUT2D eigenvalue weighted by atomic mass is 10.1. The molecule has 0 unspecified atom stereocenters. The number of carbonyl (C=O) groups is 1. The molecule has 4 N–H and O–H groups in total. The van der Waals surface area contributed by atoms with Crippen LogP contribution in [-0.2, 0) is 4.74 Å². The zero-order valence-corrected chi connectivity index (χ0v) is 13.5. The molecule has 1 fully saturated rings. The number of nitrogens with two attached hydrogens (primary N) is 2. The summed E-state index contributed by atoms with van der Waals surface area (Å²) in [6, 6.07) is 5.65. The van der Waals surface area contributed by atoms with Crippen LogP contribution in [-0.4, -0.2) is 49.9 Å². The summed E-state index contributed by atoms with van der Waals surface area (Å²) in [6.45, 7) is 4.96. The largest absolute Gasteiger partial charge is 0.486 e. The van der Waals surface area contributed by atoms with Crippen molar-refractivity contribution < 1.29 is 19.0 Å². The Morgan fingerprint density at radius 1 is 1.26 bits per heavy atom. The molecule has 0 saturated carbocycles. The molecule has 1 amide bonds. The average molecular weight is 323 g/mol. The van der Waals surface area contributed by atoms with Gasteiger partial charge in [0.2, 0.25) is 0 Å². The third kappa shape index (κ3) is 5.21. The van der Waals surface area contributed by atoms with Crippen molar-refractivity contribution in [1.82, 2.24) is 4.90 Å². The minimum absolute atomic E-state index is 0.204. The topological polar surface area (TPSA) is 100 Å². The number of anilines is 1. The van der Waals surface area contributed by atoms with E-state index in [0.29, 0.717) is 25.5 Å². The van der Waals surface area contributed by atoms with Crippen molar-refractivity contribution in [2.75, 3.05) is 38.6 Å². The number of likely N-dealkylation sites (tertiary alicyclic amines) is 1. The Morgan fingerprint density at radius 3 is 2.57 bits per heavy atom. The van der Waals surface area contributed by atoms with Gasteiger partial charge in [0.25, 0.3) is 0 Å². The summed E-state index contributed by atoms with van der Waals surface area (Å²) in [4.78, 5) is 12.9. The third-order valence-electron chi connectivity index (χ3n) is 3.63. The lowest BCUT2D eigenvalue weighted by Gasteiger charge is -2.29. The van der Waals surface area contributed by atoms with Gasteiger partial charge in [-0.15, -0.1) is 0 Å². The molecular formula is C16H25N3O4. The molecule has 0 aromatic heterocycles. The van der Waals surface area contributed by atoms with E-state index in [0.717, 1.165) is 37.4 Å². The fourth-order valence-corrected chi connectivity index (χ4v) is 2.36. The van der Waals surface area contributed by atoms with Crippen LogP contribution in [0, 0.1) is 0 Å². The van der Waals surface area contributed by atoms with Crippen molar-refractivity contribution in [2.45, 2.75) is 25.8 Å². The summed E-state index contributed by atoms with van der Waals surface area (Å²) < 4.78 is 15.5. The molecule has 0 atom stereocenters. The number of amides is 1. The van der Waals surface area contributed by atoms with Crippen LogP contribution in [0.2, 0.25) is 0 Å². The number of hydrogen-bond acceptors (Lipinski definition) is 6. The van der Waals surface area contributed by atoms with E-state index in [1.54, 1.807) is 17.0 Å². The zero-order valence-electron chi connectivity index (χ0n) is 13.5. The first-order valence-electron chi connectivity index (χ1n) is 7.92. The molecule has 0 aliphatic carbocycles. The molecule has 7 heteroatoms. The second-order valence-corrected chi connectivity index (χ2v) is 5.43. The van der Waals surface area contributed by atoms with Crippen LogP contribution < -0.4 is 20.9 Å². The smallest absolute Gasteiger partial charge is 0.409 e. The molecule has 7 nitrogen and oxygen atoms in total. The average Bonchev–Trinajstić information content (AvgIpc) is 2.56. The van der Waals surface area contributed by atoms with Gasteiger partial charge in [0.15, 0.2) is 11.5 Å². The Kier molecular flexibility index (Phi) is 6.34. The van der Waals surface area contributed by atoms with Gasteiger partial charge in [-0.3, -0.25) is 0 Å². The van der Waals surface area contributed by atoms with Crippen molar-refractivity contribution in [3.63, 3.8) is 0 Å². The molecule has 2 aliphatic heterocycles. The summed E-state index contributed by atoms with van der Waals surface area (Å²) in [5.74, 6) is 1.53. The fraction of sp³-hybridized carbons (Fsp3) is 0.562. The summed E-state index contributed by atoms with van der Waals surface area (Å²) in [6.07, 6.45) is 1.57. The van der Waals surface area contributed by atoms with Gasteiger partial charge in [-0.1, -0.05) is 0 Å². The van der Waals surface area contributed by atoms with Crippen molar-refractivity contribution in [1.29, 1.82) is 0 Å². The van der Waals surface area contributed by atoms with Crippen molar-refractivity contribution >= 4 is 11.8 Å². The maximum Gasteiger partial charge on any atom is 0.409 e. The molecular weight excluding hydrogens is 298 g/mol. The molecule has 3 rings (SSSR count). The van der Waals surface area contributed by atoms with Crippen LogP contribution in [0.3, 0.4) is 0 Å². The van der Waals surface area contributed by atoms with E-state index in [4.69, 9.17) is 25.7 Å². The predicted molar refractivity (Wildman–Crippen MR) is 87.6 cm³/mol. The molecule has 2 heterocycles. The number of piperidine rings is 1. The van der Waals surface area contributed by atoms with E-state index >= 15 is 0 Å². The molecule has 0 spiro atoms. The van der Waals surface area contributed by atoms with Gasteiger partial charge >= 0.3 is 6.09 Å². The van der Waals surface area contributed by atoms with Crippen LogP contribution in [0.1, 0.15) is 19.8 Å². The highest BCUT2D eigenvalue weighted by Gasteiger charge is 2.20. The van der Waals surface area contributed by atoms with E-state index < -0.39 is 0 Å². The Labute approximate surface area is 136 Å². The van der Waals surface area contributed by atoms with Crippen LogP contribution >= 0.6 is 0 Å². The van der Waals surface area contributed by atoms with Crippen LogP contribution in [0.15, 0.2) is 18.2 Å². The van der Waals surface area contributed by atoms with Gasteiger partial charge in [-0.25, -0.2) is 4.79 Å². The highest BCUT2D eigenvalue weighted by Crippen LogP contribution is 2.31. The lowest BCUT2D eigenvalue weighted by Crippen LogP contribution is -2.43. The van der Waals surface area contributed by atoms with E-state index in [9.17, 15) is 4.79 Å². The van der Waals surface area contributed by atoms with Crippen molar-refractivity contribution in [3.8, 4) is 11.5 Å². The summed E-state index contributed by atoms with van der Waals surface area (Å²) >= 11 is 0. The van der Waals surface area contributed by atoms with Gasteiger partial charge in [0.05, 0.1) is 6.61 Å². The summed E-state index contributed by atoms with van der Waals surface area (Å²) in [5, 5.41) is 0. The minimum atomic E-state index is -0.204. The maximum absolute atomic E-state index is 11.2. The number of fused-ring (bicyclic) bond motifs is 1. The van der Waals surface area contributed by atoms with Gasteiger partial charge in [0.1, 0.15) is 13.2 Å². The molecule has 23 heavy (non-hydrogen) atoms. The van der Waals surface area contributed by atoms with Gasteiger partial charge in [-0.2, -0.15) is 0 Å². The number of nitrogen functional groups attached to an aromatic ring is 1. The SMILES string of the molecule is CCOC(=O)N1CCC(N)CC1.Nc1ccc2c(c1)OCCO2. The third-order valence-corrected chi connectivity index (χ3v) is 3.63. The molecule has 1 aromatic carbocycles. The van der Waals surface area contributed by atoms with Crippen LogP contribution in [0.5, 0.6) is 11.5 Å². The molecule has 2 aliphatic rings. The Bertz CT molecular complexity index is 516. The predicted octanol–water partition coefficient (Wildman–Crippen LogP) is 1.61. The normalized spacial score (nSPS) is 17.0. The van der Waals surface area contributed by atoms with E-state index in [-0.39, 0.29) is 12.1 Å². The first-order valence-corrected chi connectivity index (χ1v) is 7.92. The van der Waals surface area contributed by atoms with E-state index in [1.165, 1.54) is 0 Å². The number of rotatable bonds is 1. The standard InChI is InChI=1S/C8H16N2O2.C8H9NO2/c1-2-12-8(11)10-5-3-7(9)4-6-10;9-6-1-2-7-8(5-6)11-4-3-10-7/h7H,2-6,9H2,1H3;1-2,5H,3-4,9H2. The van der Waals surface area contributed by atoms with E-state index in [2.05, 4.69) is 0 Å². The summed E-state index contributed by atoms with van der Waals surface area (Å²) in [5.41, 5.74) is 11.9. The zero-order chi connectivity index (χ0) is 16.7. The van der Waals surface area contributed by atoms with E-state index in [1.807, 2.05) is 13.0 Å². The van der Waals surface area contributed by atoms with Gasteiger partial charge in [0, 0.05) is 30.9 Å². The molecule has 0 radical (unpaired) electrons. The van der Waals surface area contributed by atoms with Crippen molar-refractivity contribution in [2.24, 2.45) is 5.73 Å². The lowest BCUT2D eigenvalue weighted by molar-refractivity contribution is 0.0974. The number of carbonyl (C=O) groups excluding carboxylic acids is 1.